The summed E-state index contributed by atoms with van der Waals surface area (Å²) in [6, 6.07) is 0. The molecule has 0 rings (SSSR count). The van der Waals surface area contributed by atoms with Gasteiger partial charge in [-0.15, -0.1) is 0 Å². The van der Waals surface area contributed by atoms with E-state index in [1.165, 1.54) is 0 Å². The van der Waals surface area contributed by atoms with E-state index in [9.17, 15) is 57.3 Å². The fraction of sp³-hybridized carbons (Fsp3) is 1.00. The van der Waals surface area contributed by atoms with E-state index >= 15 is 0 Å². The average Bonchev–Trinajstić information content (AvgIpc) is 2.16. The molecule has 0 saturated carbocycles. The summed E-state index contributed by atoms with van der Waals surface area (Å²) in [4.78, 5) is 0. The van der Waals surface area contributed by atoms with Crippen molar-refractivity contribution in [1.29, 1.82) is 0 Å². The topological polar surface area (TPSA) is 35.5 Å². The molecule has 0 radical (unpaired) electrons. The van der Waals surface area contributed by atoms with Gasteiger partial charge in [-0.05, 0) is 0 Å². The summed E-state index contributed by atoms with van der Waals surface area (Å²) in [5, 5.41) is 0. The molecule has 0 heterocycles. The predicted octanol–water partition coefficient (Wildman–Crippen LogP) is 5.35. The molecule has 0 saturated heterocycles. The largest absolute Gasteiger partial charge is 0.426 e. The molecule has 0 aromatic rings. The standard InChI is InChI=1S/C6H2ClF12O3P/c7-23(20,21-1(3(8,9)10)4(11,12)13)22-2(5(14,15)16)6(17,18)19/h1-2H. The Labute approximate surface area is 122 Å². The fourth-order valence-electron chi connectivity index (χ4n) is 0.887. The molecule has 0 aliphatic carbocycles. The zero-order chi connectivity index (χ0) is 19.1. The maximum atomic E-state index is 12.0. The molecule has 140 valence electrons. The van der Waals surface area contributed by atoms with Crippen LogP contribution in [0, 0.1) is 0 Å². The van der Waals surface area contributed by atoms with Crippen molar-refractivity contribution in [1.82, 2.24) is 0 Å². The lowest BCUT2D eigenvalue weighted by atomic mass is 10.3. The van der Waals surface area contributed by atoms with Crippen LogP contribution in [0.1, 0.15) is 0 Å². The van der Waals surface area contributed by atoms with E-state index in [1.54, 1.807) is 0 Å². The molecule has 23 heavy (non-hydrogen) atoms. The van der Waals surface area contributed by atoms with Gasteiger partial charge in [0, 0.05) is 11.2 Å². The lowest BCUT2D eigenvalue weighted by molar-refractivity contribution is -0.312. The summed E-state index contributed by atoms with van der Waals surface area (Å²) in [6.07, 6.45) is -35.6. The molecule has 0 spiro atoms. The summed E-state index contributed by atoms with van der Waals surface area (Å²) in [5.74, 6) is 0. The summed E-state index contributed by atoms with van der Waals surface area (Å²) in [5.41, 5.74) is 0. The van der Waals surface area contributed by atoms with Crippen LogP contribution in [0.3, 0.4) is 0 Å². The first-order chi connectivity index (χ1) is 9.68. The van der Waals surface area contributed by atoms with Crippen molar-refractivity contribution in [3.05, 3.63) is 0 Å². The molecular formula is C6H2ClF12O3P. The van der Waals surface area contributed by atoms with E-state index in [4.69, 9.17) is 0 Å². The Morgan fingerprint density at radius 1 is 0.609 bits per heavy atom. The molecule has 0 aromatic carbocycles. The highest BCUT2D eigenvalue weighted by Crippen LogP contribution is 2.61. The summed E-state index contributed by atoms with van der Waals surface area (Å²) in [7, 11) is 0. The van der Waals surface area contributed by atoms with Crippen molar-refractivity contribution in [3.63, 3.8) is 0 Å². The Morgan fingerprint density at radius 2 is 0.783 bits per heavy atom. The maximum Gasteiger partial charge on any atom is 0.426 e. The molecule has 0 fully saturated rings. The van der Waals surface area contributed by atoms with Gasteiger partial charge >= 0.3 is 31.7 Å². The van der Waals surface area contributed by atoms with E-state index in [1.807, 2.05) is 0 Å². The Hall–Kier alpha value is -0.400. The third-order valence-electron chi connectivity index (χ3n) is 1.65. The fourth-order valence-corrected chi connectivity index (χ4v) is 2.40. The first-order valence-electron chi connectivity index (χ1n) is 4.61. The van der Waals surface area contributed by atoms with Crippen LogP contribution in [0.5, 0.6) is 0 Å². The van der Waals surface area contributed by atoms with Gasteiger partial charge < -0.3 is 0 Å². The van der Waals surface area contributed by atoms with E-state index in [2.05, 4.69) is 20.3 Å². The Balaban J connectivity index is 5.52. The Morgan fingerprint density at radius 3 is 0.913 bits per heavy atom. The van der Waals surface area contributed by atoms with Gasteiger partial charge in [0.05, 0.1) is 0 Å². The molecule has 0 aliphatic heterocycles. The molecule has 0 unspecified atom stereocenters. The zero-order valence-electron chi connectivity index (χ0n) is 9.74. The lowest BCUT2D eigenvalue weighted by Crippen LogP contribution is -2.46. The molecule has 0 bridgehead atoms. The van der Waals surface area contributed by atoms with Crippen LogP contribution >= 0.6 is 18.2 Å². The highest BCUT2D eigenvalue weighted by molar-refractivity contribution is 7.81. The van der Waals surface area contributed by atoms with Gasteiger partial charge in [-0.25, -0.2) is 4.57 Å². The summed E-state index contributed by atoms with van der Waals surface area (Å²) in [6.45, 7) is -6.60. The van der Waals surface area contributed by atoms with Crippen molar-refractivity contribution >= 4 is 18.2 Å². The first-order valence-corrected chi connectivity index (χ1v) is 7.06. The van der Waals surface area contributed by atoms with E-state index < -0.39 is 43.9 Å². The Kier molecular flexibility index (Phi) is 6.37. The number of rotatable bonds is 4. The summed E-state index contributed by atoms with van der Waals surface area (Å²) >= 11 is 4.26. The van der Waals surface area contributed by atoms with Gasteiger partial charge in [-0.2, -0.15) is 52.7 Å². The summed E-state index contributed by atoms with van der Waals surface area (Å²) < 4.78 is 161. The van der Waals surface area contributed by atoms with Crippen molar-refractivity contribution in [2.45, 2.75) is 36.9 Å². The third-order valence-corrected chi connectivity index (χ3v) is 3.06. The van der Waals surface area contributed by atoms with Gasteiger partial charge in [0.15, 0.2) is 0 Å². The second kappa shape index (κ2) is 6.48. The van der Waals surface area contributed by atoms with Crippen LogP contribution in [0.4, 0.5) is 52.7 Å². The minimum absolute atomic E-state index is 2.64. The number of alkyl halides is 12. The zero-order valence-corrected chi connectivity index (χ0v) is 11.4. The highest BCUT2D eigenvalue weighted by atomic mass is 35.7. The Bertz CT molecular complexity index is 384. The van der Waals surface area contributed by atoms with Crippen LogP contribution in [0.15, 0.2) is 0 Å². The first kappa shape index (κ1) is 22.6. The van der Waals surface area contributed by atoms with Crippen LogP contribution in [0.2, 0.25) is 0 Å². The minimum atomic E-state index is -6.60. The van der Waals surface area contributed by atoms with Crippen molar-refractivity contribution in [2.75, 3.05) is 0 Å². The smallest absolute Gasteiger partial charge is 0.274 e. The van der Waals surface area contributed by atoms with E-state index in [0.29, 0.717) is 0 Å². The number of hydrogen-bond acceptors (Lipinski definition) is 3. The van der Waals surface area contributed by atoms with Crippen LogP contribution in [0.25, 0.3) is 0 Å². The molecule has 0 amide bonds. The monoisotopic (exact) mass is 416 g/mol. The van der Waals surface area contributed by atoms with Crippen molar-refractivity contribution in [2.24, 2.45) is 0 Å². The molecule has 3 nitrogen and oxygen atoms in total. The minimum Gasteiger partial charge on any atom is -0.274 e. The second-order valence-corrected chi connectivity index (χ2v) is 6.09. The lowest BCUT2D eigenvalue weighted by Gasteiger charge is -2.28. The maximum absolute atomic E-state index is 12.0. The van der Waals surface area contributed by atoms with E-state index in [0.717, 1.165) is 0 Å². The van der Waals surface area contributed by atoms with Crippen molar-refractivity contribution in [3.8, 4) is 0 Å². The highest BCUT2D eigenvalue weighted by Gasteiger charge is 2.64. The number of hydrogen-bond donors (Lipinski definition) is 0. The number of halogens is 13. The van der Waals surface area contributed by atoms with Gasteiger partial charge in [-0.3, -0.25) is 9.05 Å². The molecular weight excluding hydrogens is 414 g/mol. The quantitative estimate of drug-likeness (QED) is 0.458. The normalized spacial score (nSPS) is 15.6. The average molecular weight is 416 g/mol. The van der Waals surface area contributed by atoms with Crippen LogP contribution in [-0.4, -0.2) is 36.9 Å². The SMILES string of the molecule is O=P(Cl)(OC(C(F)(F)F)C(F)(F)F)OC(C(F)(F)F)C(F)(F)F. The molecule has 0 aromatic heterocycles. The van der Waals surface area contributed by atoms with Crippen LogP contribution < -0.4 is 0 Å². The predicted molar refractivity (Wildman–Crippen MR) is 47.4 cm³/mol. The second-order valence-electron chi connectivity index (χ2n) is 3.57. The van der Waals surface area contributed by atoms with E-state index in [-0.39, 0.29) is 0 Å². The molecule has 0 N–H and O–H groups in total. The van der Waals surface area contributed by atoms with Gasteiger partial charge in [-0.1, -0.05) is 0 Å². The molecule has 0 atom stereocenters. The van der Waals surface area contributed by atoms with Crippen molar-refractivity contribution < 1.29 is 66.3 Å². The molecule has 0 aliphatic rings. The van der Waals surface area contributed by atoms with Gasteiger partial charge in [0.1, 0.15) is 0 Å². The molecule has 17 heteroatoms. The van der Waals surface area contributed by atoms with Crippen LogP contribution in [-0.2, 0) is 13.6 Å². The van der Waals surface area contributed by atoms with Gasteiger partial charge in [0.25, 0.3) is 12.2 Å². The third kappa shape index (κ3) is 7.35. The van der Waals surface area contributed by atoms with Gasteiger partial charge in [0.2, 0.25) is 0 Å².